The zero-order chi connectivity index (χ0) is 15.2. The van der Waals surface area contributed by atoms with Gasteiger partial charge in [-0.2, -0.15) is 0 Å². The third-order valence-corrected chi connectivity index (χ3v) is 3.79. The van der Waals surface area contributed by atoms with Crippen molar-refractivity contribution in [2.75, 3.05) is 18.5 Å². The Balaban J connectivity index is 2.08. The Kier molecular flexibility index (Phi) is 5.66. The number of nitrogens with zero attached hydrogens (tertiary/aromatic N) is 1. The summed E-state index contributed by atoms with van der Waals surface area (Å²) in [4.78, 5) is 2.14. The molecule has 0 amide bonds. The summed E-state index contributed by atoms with van der Waals surface area (Å²) in [6, 6.07) is 16.5. The predicted molar refractivity (Wildman–Crippen MR) is 92.5 cm³/mol. The molecule has 0 aliphatic carbocycles. The van der Waals surface area contributed by atoms with Gasteiger partial charge in [-0.25, -0.2) is 0 Å². The van der Waals surface area contributed by atoms with Gasteiger partial charge >= 0.3 is 0 Å². The minimum Gasteiger partial charge on any atom is -0.345 e. The van der Waals surface area contributed by atoms with Crippen LogP contribution in [-0.4, -0.2) is 13.6 Å². The van der Waals surface area contributed by atoms with Crippen LogP contribution in [0.5, 0.6) is 0 Å². The van der Waals surface area contributed by atoms with Crippen LogP contribution in [0, 0.1) is 5.92 Å². The van der Waals surface area contributed by atoms with Crippen molar-refractivity contribution in [2.45, 2.75) is 20.4 Å². The summed E-state index contributed by atoms with van der Waals surface area (Å²) in [6.07, 6.45) is 0. The molecular weight excluding hydrogens is 280 g/mol. The van der Waals surface area contributed by atoms with E-state index in [2.05, 4.69) is 55.4 Å². The average Bonchev–Trinajstić information content (AvgIpc) is 2.48. The van der Waals surface area contributed by atoms with Crippen LogP contribution < -0.4 is 10.2 Å². The van der Waals surface area contributed by atoms with Gasteiger partial charge in [-0.1, -0.05) is 49.7 Å². The zero-order valence-corrected chi connectivity index (χ0v) is 13.7. The highest BCUT2D eigenvalue weighted by Crippen LogP contribution is 2.27. The molecule has 2 aromatic rings. The molecule has 0 radical (unpaired) electrons. The van der Waals surface area contributed by atoms with Crippen molar-refractivity contribution in [2.24, 2.45) is 5.92 Å². The van der Waals surface area contributed by atoms with Gasteiger partial charge in [0.1, 0.15) is 0 Å². The van der Waals surface area contributed by atoms with Crippen molar-refractivity contribution >= 4 is 23.0 Å². The smallest absolute Gasteiger partial charge is 0.0471 e. The van der Waals surface area contributed by atoms with Crippen LogP contribution in [0.1, 0.15) is 19.4 Å². The maximum atomic E-state index is 6.41. The number of anilines is 2. The topological polar surface area (TPSA) is 15.3 Å². The van der Waals surface area contributed by atoms with Gasteiger partial charge in [0.15, 0.2) is 0 Å². The Hall–Kier alpha value is -1.51. The third kappa shape index (κ3) is 4.48. The number of rotatable bonds is 6. The van der Waals surface area contributed by atoms with Crippen molar-refractivity contribution in [3.63, 3.8) is 0 Å². The molecule has 0 spiro atoms. The van der Waals surface area contributed by atoms with Crippen LogP contribution in [0.15, 0.2) is 48.5 Å². The summed E-state index contributed by atoms with van der Waals surface area (Å²) in [6.45, 7) is 6.22. The van der Waals surface area contributed by atoms with Crippen LogP contribution in [-0.2, 0) is 6.54 Å². The van der Waals surface area contributed by atoms with Crippen LogP contribution >= 0.6 is 11.6 Å². The lowest BCUT2D eigenvalue weighted by molar-refractivity contribution is 0.552. The maximum absolute atomic E-state index is 6.41. The van der Waals surface area contributed by atoms with Gasteiger partial charge in [0.25, 0.3) is 0 Å². The SMILES string of the molecule is CC(C)CNCc1ccc(N(C)c2ccccc2)cc1Cl. The first-order chi connectivity index (χ1) is 10.1. The third-order valence-electron chi connectivity index (χ3n) is 3.44. The average molecular weight is 303 g/mol. The fourth-order valence-corrected chi connectivity index (χ4v) is 2.43. The minimum atomic E-state index is 0.646. The first-order valence-corrected chi connectivity index (χ1v) is 7.73. The summed E-state index contributed by atoms with van der Waals surface area (Å²) < 4.78 is 0. The first-order valence-electron chi connectivity index (χ1n) is 7.36. The Bertz CT molecular complexity index is 567. The molecule has 2 aromatic carbocycles. The van der Waals surface area contributed by atoms with Crippen molar-refractivity contribution in [3.8, 4) is 0 Å². The molecular formula is C18H23ClN2. The molecule has 112 valence electrons. The van der Waals surface area contributed by atoms with E-state index in [1.165, 1.54) is 0 Å². The van der Waals surface area contributed by atoms with E-state index >= 15 is 0 Å². The molecule has 0 aromatic heterocycles. The molecule has 1 N–H and O–H groups in total. The summed E-state index contributed by atoms with van der Waals surface area (Å²) in [5.74, 6) is 0.646. The number of hydrogen-bond donors (Lipinski definition) is 1. The predicted octanol–water partition coefficient (Wildman–Crippen LogP) is 4.85. The largest absolute Gasteiger partial charge is 0.345 e. The molecule has 0 saturated heterocycles. The summed E-state index contributed by atoms with van der Waals surface area (Å²) in [5, 5.41) is 4.24. The molecule has 0 fully saturated rings. The monoisotopic (exact) mass is 302 g/mol. The fraction of sp³-hybridized carbons (Fsp3) is 0.333. The molecule has 0 unspecified atom stereocenters. The van der Waals surface area contributed by atoms with E-state index in [1.807, 2.05) is 24.3 Å². The lowest BCUT2D eigenvalue weighted by Crippen LogP contribution is -2.19. The quantitative estimate of drug-likeness (QED) is 0.820. The van der Waals surface area contributed by atoms with Crippen molar-refractivity contribution < 1.29 is 0 Å². The van der Waals surface area contributed by atoms with Gasteiger partial charge < -0.3 is 10.2 Å². The van der Waals surface area contributed by atoms with E-state index in [0.717, 1.165) is 35.1 Å². The highest BCUT2D eigenvalue weighted by molar-refractivity contribution is 6.31. The molecule has 0 aliphatic heterocycles. The molecule has 0 heterocycles. The van der Waals surface area contributed by atoms with Gasteiger partial charge in [0.2, 0.25) is 0 Å². The van der Waals surface area contributed by atoms with Crippen LogP contribution in [0.25, 0.3) is 0 Å². The number of para-hydroxylation sites is 1. The van der Waals surface area contributed by atoms with Crippen molar-refractivity contribution in [1.29, 1.82) is 0 Å². The number of halogens is 1. The minimum absolute atomic E-state index is 0.646. The van der Waals surface area contributed by atoms with Gasteiger partial charge in [-0.05, 0) is 42.3 Å². The lowest BCUT2D eigenvalue weighted by atomic mass is 10.1. The normalized spacial score (nSPS) is 10.9. The van der Waals surface area contributed by atoms with E-state index < -0.39 is 0 Å². The van der Waals surface area contributed by atoms with E-state index in [1.54, 1.807) is 0 Å². The maximum Gasteiger partial charge on any atom is 0.0471 e. The highest BCUT2D eigenvalue weighted by atomic mass is 35.5. The standard InChI is InChI=1S/C18H23ClN2/c1-14(2)12-20-13-15-9-10-17(11-18(15)19)21(3)16-7-5-4-6-8-16/h4-11,14,20H,12-13H2,1-3H3. The van der Waals surface area contributed by atoms with E-state index in [9.17, 15) is 0 Å². The molecule has 0 bridgehead atoms. The van der Waals surface area contributed by atoms with Crippen LogP contribution in [0.4, 0.5) is 11.4 Å². The van der Waals surface area contributed by atoms with Crippen LogP contribution in [0.2, 0.25) is 5.02 Å². The second-order valence-corrected chi connectivity index (χ2v) is 6.10. The second-order valence-electron chi connectivity index (χ2n) is 5.70. The molecule has 0 saturated carbocycles. The summed E-state index contributed by atoms with van der Waals surface area (Å²) in [5.41, 5.74) is 3.39. The number of benzene rings is 2. The Morgan fingerprint density at radius 2 is 1.76 bits per heavy atom. The summed E-state index contributed by atoms with van der Waals surface area (Å²) >= 11 is 6.41. The van der Waals surface area contributed by atoms with Gasteiger partial charge in [0.05, 0.1) is 0 Å². The first kappa shape index (κ1) is 15.9. The molecule has 0 aliphatic rings. The Labute approximate surface area is 132 Å². The summed E-state index contributed by atoms with van der Waals surface area (Å²) in [7, 11) is 2.05. The van der Waals surface area contributed by atoms with E-state index in [-0.39, 0.29) is 0 Å². The molecule has 21 heavy (non-hydrogen) atoms. The molecule has 0 atom stereocenters. The van der Waals surface area contributed by atoms with E-state index in [4.69, 9.17) is 11.6 Å². The Morgan fingerprint density at radius 1 is 1.05 bits per heavy atom. The molecule has 3 heteroatoms. The highest BCUT2D eigenvalue weighted by Gasteiger charge is 2.07. The van der Waals surface area contributed by atoms with E-state index in [0.29, 0.717) is 5.92 Å². The van der Waals surface area contributed by atoms with Gasteiger partial charge in [-0.3, -0.25) is 0 Å². The lowest BCUT2D eigenvalue weighted by Gasteiger charge is -2.20. The second kappa shape index (κ2) is 7.48. The van der Waals surface area contributed by atoms with Crippen molar-refractivity contribution in [1.82, 2.24) is 5.32 Å². The van der Waals surface area contributed by atoms with Gasteiger partial charge in [0, 0.05) is 30.0 Å². The van der Waals surface area contributed by atoms with Gasteiger partial charge in [-0.15, -0.1) is 0 Å². The fourth-order valence-electron chi connectivity index (χ4n) is 2.18. The number of nitrogens with one attached hydrogen (secondary N) is 1. The molecule has 2 nitrogen and oxygen atoms in total. The number of hydrogen-bond acceptors (Lipinski definition) is 2. The molecule has 2 rings (SSSR count). The zero-order valence-electron chi connectivity index (χ0n) is 12.9. The Morgan fingerprint density at radius 3 is 2.38 bits per heavy atom. The van der Waals surface area contributed by atoms with Crippen molar-refractivity contribution in [3.05, 3.63) is 59.1 Å². The van der Waals surface area contributed by atoms with Crippen LogP contribution in [0.3, 0.4) is 0 Å².